The van der Waals surface area contributed by atoms with E-state index in [0.717, 1.165) is 11.6 Å². The zero-order valence-corrected chi connectivity index (χ0v) is 19.1. The quantitative estimate of drug-likeness (QED) is 0.389. The fourth-order valence-corrected chi connectivity index (χ4v) is 3.96. The molecule has 1 unspecified atom stereocenters. The van der Waals surface area contributed by atoms with Gasteiger partial charge >= 0.3 is 6.36 Å². The van der Waals surface area contributed by atoms with Gasteiger partial charge in [0.15, 0.2) is 5.82 Å². The van der Waals surface area contributed by atoms with E-state index in [4.69, 9.17) is 9.26 Å². The third kappa shape index (κ3) is 4.34. The molecule has 1 aliphatic rings. The molecule has 0 radical (unpaired) electrons. The van der Waals surface area contributed by atoms with Crippen LogP contribution in [0.1, 0.15) is 34.2 Å². The van der Waals surface area contributed by atoms with Crippen LogP contribution in [0.5, 0.6) is 11.5 Å². The number of hydrogen-bond acceptors (Lipinski definition) is 8. The number of carbonyl (C=O) groups is 1. The number of alkyl halides is 3. The van der Waals surface area contributed by atoms with Gasteiger partial charge in [0.05, 0.1) is 42.4 Å². The monoisotopic (exact) mass is 500 g/mol. The van der Waals surface area contributed by atoms with E-state index in [1.165, 1.54) is 42.5 Å². The summed E-state index contributed by atoms with van der Waals surface area (Å²) in [5, 5.41) is 12.2. The highest BCUT2D eigenvalue weighted by molar-refractivity contribution is 5.99. The summed E-state index contributed by atoms with van der Waals surface area (Å²) in [6.45, 7) is 2.26. The van der Waals surface area contributed by atoms with Gasteiger partial charge in [0, 0.05) is 6.54 Å². The molecule has 10 nitrogen and oxygen atoms in total. The van der Waals surface area contributed by atoms with E-state index in [-0.39, 0.29) is 23.2 Å². The Balaban J connectivity index is 1.44. The number of benzene rings is 2. The lowest BCUT2D eigenvalue weighted by Crippen LogP contribution is -2.46. The SMILES string of the molecule is COc1cc(C(=O)N2CCC2c2noc(-c3ccccc3OC(F)(F)F)n2)c(-n2nccn2)cc1C. The molecule has 0 bridgehead atoms. The third-order valence-corrected chi connectivity index (χ3v) is 5.74. The van der Waals surface area contributed by atoms with Crippen LogP contribution in [0.25, 0.3) is 17.1 Å². The van der Waals surface area contributed by atoms with Crippen molar-refractivity contribution in [3.05, 3.63) is 65.7 Å². The molecule has 4 aromatic rings. The lowest BCUT2D eigenvalue weighted by Gasteiger charge is -2.39. The summed E-state index contributed by atoms with van der Waals surface area (Å²) in [5.41, 5.74) is 1.57. The van der Waals surface area contributed by atoms with Crippen LogP contribution in [0, 0.1) is 6.92 Å². The van der Waals surface area contributed by atoms with Crippen LogP contribution in [0.2, 0.25) is 0 Å². The summed E-state index contributed by atoms with van der Waals surface area (Å²) in [6, 6.07) is 8.30. The lowest BCUT2D eigenvalue weighted by molar-refractivity contribution is -0.274. The molecule has 186 valence electrons. The maximum atomic E-state index is 13.6. The molecular weight excluding hydrogens is 481 g/mol. The zero-order valence-electron chi connectivity index (χ0n) is 19.1. The van der Waals surface area contributed by atoms with Gasteiger partial charge in [-0.1, -0.05) is 17.3 Å². The van der Waals surface area contributed by atoms with Crippen molar-refractivity contribution < 1.29 is 32.0 Å². The molecular formula is C23H19F3N6O4. The Morgan fingerprint density at radius 3 is 2.56 bits per heavy atom. The van der Waals surface area contributed by atoms with Crippen LogP contribution >= 0.6 is 0 Å². The summed E-state index contributed by atoms with van der Waals surface area (Å²) in [4.78, 5) is 20.7. The van der Waals surface area contributed by atoms with Crippen molar-refractivity contribution in [1.29, 1.82) is 0 Å². The van der Waals surface area contributed by atoms with E-state index in [1.807, 2.05) is 6.92 Å². The first-order chi connectivity index (χ1) is 17.2. The molecule has 1 atom stereocenters. The Morgan fingerprint density at radius 2 is 1.89 bits per heavy atom. The Labute approximate surface area is 202 Å². The van der Waals surface area contributed by atoms with Gasteiger partial charge in [-0.2, -0.15) is 20.0 Å². The van der Waals surface area contributed by atoms with Crippen LogP contribution in [-0.4, -0.2) is 56.0 Å². The number of ether oxygens (including phenoxy) is 2. The number of aryl methyl sites for hydroxylation is 1. The van der Waals surface area contributed by atoms with Gasteiger partial charge in [0.25, 0.3) is 11.8 Å². The number of amides is 1. The number of rotatable bonds is 6. The smallest absolute Gasteiger partial charge is 0.496 e. The number of methoxy groups -OCH3 is 1. The molecule has 0 aliphatic carbocycles. The van der Waals surface area contributed by atoms with Crippen molar-refractivity contribution in [2.24, 2.45) is 0 Å². The second-order valence-electron chi connectivity index (χ2n) is 7.96. The molecule has 1 saturated heterocycles. The number of nitrogens with zero attached hydrogens (tertiary/aromatic N) is 6. The van der Waals surface area contributed by atoms with E-state index in [2.05, 4.69) is 25.1 Å². The number of carbonyl (C=O) groups excluding carboxylic acids is 1. The lowest BCUT2D eigenvalue weighted by atomic mass is 9.99. The zero-order chi connectivity index (χ0) is 25.4. The molecule has 36 heavy (non-hydrogen) atoms. The normalized spacial score (nSPS) is 15.5. The van der Waals surface area contributed by atoms with Crippen molar-refractivity contribution in [2.45, 2.75) is 25.7 Å². The Bertz CT molecular complexity index is 1400. The van der Waals surface area contributed by atoms with Crippen LogP contribution < -0.4 is 9.47 Å². The van der Waals surface area contributed by atoms with Crippen LogP contribution in [0.3, 0.4) is 0 Å². The number of para-hydroxylation sites is 1. The molecule has 0 N–H and O–H groups in total. The van der Waals surface area contributed by atoms with Crippen molar-refractivity contribution >= 4 is 5.91 Å². The largest absolute Gasteiger partial charge is 0.573 e. The predicted molar refractivity (Wildman–Crippen MR) is 117 cm³/mol. The molecule has 5 rings (SSSR count). The van der Waals surface area contributed by atoms with Crippen molar-refractivity contribution in [2.75, 3.05) is 13.7 Å². The van der Waals surface area contributed by atoms with E-state index >= 15 is 0 Å². The molecule has 1 aliphatic heterocycles. The standard InChI is InChI=1S/C23H19F3N6O4/c1-13-11-17(32-27-8-9-28-32)15(12-19(13)34-2)22(33)31-10-7-16(31)20-29-21(36-30-20)14-5-3-4-6-18(14)35-23(24,25)26/h3-6,8-9,11-12,16H,7,10H2,1-2H3. The summed E-state index contributed by atoms with van der Waals surface area (Å²) in [5.74, 6) is -0.254. The summed E-state index contributed by atoms with van der Waals surface area (Å²) >= 11 is 0. The average molecular weight is 500 g/mol. The summed E-state index contributed by atoms with van der Waals surface area (Å²) in [7, 11) is 1.51. The van der Waals surface area contributed by atoms with Crippen molar-refractivity contribution in [3.63, 3.8) is 0 Å². The first-order valence-electron chi connectivity index (χ1n) is 10.8. The van der Waals surface area contributed by atoms with E-state index in [0.29, 0.717) is 30.0 Å². The van der Waals surface area contributed by atoms with Gasteiger partial charge < -0.3 is 18.9 Å². The minimum atomic E-state index is -4.88. The van der Waals surface area contributed by atoms with Crippen LogP contribution in [0.15, 0.2) is 53.3 Å². The first-order valence-corrected chi connectivity index (χ1v) is 10.8. The molecule has 2 aromatic carbocycles. The van der Waals surface area contributed by atoms with Crippen molar-refractivity contribution in [3.8, 4) is 28.6 Å². The second kappa shape index (κ2) is 8.98. The summed E-state index contributed by atoms with van der Waals surface area (Å²) < 4.78 is 53.1. The first kappa shape index (κ1) is 23.3. The maximum Gasteiger partial charge on any atom is 0.573 e. The molecule has 0 saturated carbocycles. The number of hydrogen-bond donors (Lipinski definition) is 0. The third-order valence-electron chi connectivity index (χ3n) is 5.74. The van der Waals surface area contributed by atoms with E-state index in [9.17, 15) is 18.0 Å². The van der Waals surface area contributed by atoms with Gasteiger partial charge in [0.2, 0.25) is 0 Å². The summed E-state index contributed by atoms with van der Waals surface area (Å²) in [6.07, 6.45) is -1.33. The fourth-order valence-electron chi connectivity index (χ4n) is 3.96. The molecule has 3 heterocycles. The Hall–Kier alpha value is -4.42. The van der Waals surface area contributed by atoms with E-state index in [1.54, 1.807) is 17.0 Å². The maximum absolute atomic E-state index is 13.6. The number of aromatic nitrogens is 5. The highest BCUT2D eigenvalue weighted by atomic mass is 19.4. The molecule has 2 aromatic heterocycles. The molecule has 1 fully saturated rings. The highest BCUT2D eigenvalue weighted by Crippen LogP contribution is 2.38. The highest BCUT2D eigenvalue weighted by Gasteiger charge is 2.39. The van der Waals surface area contributed by atoms with Crippen molar-refractivity contribution in [1.82, 2.24) is 30.0 Å². The predicted octanol–water partition coefficient (Wildman–Crippen LogP) is 4.12. The average Bonchev–Trinajstić information content (AvgIpc) is 3.50. The molecule has 1 amide bonds. The van der Waals surface area contributed by atoms with Crippen LogP contribution in [-0.2, 0) is 0 Å². The van der Waals surface area contributed by atoms with Gasteiger partial charge in [-0.3, -0.25) is 4.79 Å². The van der Waals surface area contributed by atoms with E-state index < -0.39 is 18.2 Å². The minimum absolute atomic E-state index is 0.0129. The molecule has 13 heteroatoms. The topological polar surface area (TPSA) is 108 Å². The number of likely N-dealkylation sites (tertiary alicyclic amines) is 1. The van der Waals surface area contributed by atoms with Crippen LogP contribution in [0.4, 0.5) is 13.2 Å². The van der Waals surface area contributed by atoms with Gasteiger partial charge in [-0.25, -0.2) is 0 Å². The minimum Gasteiger partial charge on any atom is -0.496 e. The van der Waals surface area contributed by atoms with Gasteiger partial charge in [0.1, 0.15) is 11.5 Å². The number of halogens is 3. The fraction of sp³-hybridized carbons (Fsp3) is 0.261. The molecule has 0 spiro atoms. The van der Waals surface area contributed by atoms with Gasteiger partial charge in [-0.15, -0.1) is 13.2 Å². The second-order valence-corrected chi connectivity index (χ2v) is 7.96. The Morgan fingerprint density at radius 1 is 1.14 bits per heavy atom. The Kier molecular flexibility index (Phi) is 5.82. The van der Waals surface area contributed by atoms with Gasteiger partial charge in [-0.05, 0) is 43.2 Å².